The van der Waals surface area contributed by atoms with Gasteiger partial charge in [-0.3, -0.25) is 0 Å². The van der Waals surface area contributed by atoms with E-state index in [9.17, 15) is 0 Å². The van der Waals surface area contributed by atoms with E-state index in [0.29, 0.717) is 11.3 Å². The van der Waals surface area contributed by atoms with Crippen LogP contribution in [-0.2, 0) is 0 Å². The molecule has 0 heteroatoms. The van der Waals surface area contributed by atoms with Crippen LogP contribution in [0.5, 0.6) is 0 Å². The average molecular weight is 299 g/mol. The summed E-state index contributed by atoms with van der Waals surface area (Å²) in [7, 11) is 0. The third-order valence-corrected chi connectivity index (χ3v) is 7.22. The van der Waals surface area contributed by atoms with Crippen LogP contribution in [0.25, 0.3) is 0 Å². The Morgan fingerprint density at radius 1 is 1.18 bits per heavy atom. The van der Waals surface area contributed by atoms with Crippen molar-refractivity contribution < 1.29 is 0 Å². The van der Waals surface area contributed by atoms with Crippen molar-refractivity contribution in [2.24, 2.45) is 23.2 Å². The van der Waals surface area contributed by atoms with E-state index in [1.807, 2.05) is 0 Å². The molecule has 122 valence electrons. The van der Waals surface area contributed by atoms with Crippen LogP contribution in [0.4, 0.5) is 0 Å². The Hall–Kier alpha value is -0.780. The van der Waals surface area contributed by atoms with Gasteiger partial charge in [-0.25, -0.2) is 0 Å². The van der Waals surface area contributed by atoms with Crippen LogP contribution >= 0.6 is 0 Å². The van der Waals surface area contributed by atoms with E-state index >= 15 is 0 Å². The fraction of sp³-hybridized carbons (Fsp3) is 0.727. The number of rotatable bonds is 2. The van der Waals surface area contributed by atoms with Gasteiger partial charge in [-0.05, 0) is 74.5 Å². The Bertz CT molecular complexity index is 492. The largest absolute Gasteiger partial charge is 0.0996 e. The summed E-state index contributed by atoms with van der Waals surface area (Å²) in [5.41, 5.74) is 5.49. The number of hydrogen-bond acceptors (Lipinski definition) is 0. The second-order valence-corrected chi connectivity index (χ2v) is 8.42. The van der Waals surface area contributed by atoms with Gasteiger partial charge in [-0.15, -0.1) is 0 Å². The first kappa shape index (κ1) is 16.1. The van der Waals surface area contributed by atoms with Gasteiger partial charge in [0, 0.05) is 0 Å². The highest BCUT2D eigenvalue weighted by atomic mass is 14.5. The van der Waals surface area contributed by atoms with Gasteiger partial charge in [0.2, 0.25) is 0 Å². The highest BCUT2D eigenvalue weighted by molar-refractivity contribution is 5.27. The molecule has 3 aliphatic carbocycles. The maximum Gasteiger partial charge on any atom is -0.0143 e. The second kappa shape index (κ2) is 6.38. The van der Waals surface area contributed by atoms with Gasteiger partial charge in [-0.2, -0.15) is 0 Å². The summed E-state index contributed by atoms with van der Waals surface area (Å²) in [6.45, 7) is 11.5. The maximum atomic E-state index is 4.21. The summed E-state index contributed by atoms with van der Waals surface area (Å²) in [5.74, 6) is 2.52. The normalized spacial score (nSPS) is 42.9. The van der Waals surface area contributed by atoms with E-state index in [4.69, 9.17) is 0 Å². The molecule has 0 aromatic rings. The molecule has 0 nitrogen and oxygen atoms in total. The van der Waals surface area contributed by atoms with E-state index < -0.39 is 0 Å². The molecule has 0 bridgehead atoms. The minimum absolute atomic E-state index is 0.603. The van der Waals surface area contributed by atoms with Gasteiger partial charge in [0.15, 0.2) is 0 Å². The SMILES string of the molecule is C=C1CC/C(=C/C=C2\CCCC3(C)C(CC)CCC23)CC1C. The standard InChI is InChI=1S/C22H34/c1-5-20-12-13-21-19(7-6-14-22(20,21)4)11-10-18-9-8-16(2)17(3)15-18/h10-11,17,20-21H,2,5-9,12-15H2,1,3-4H3/b18-10-,19-11+. The van der Waals surface area contributed by atoms with Crippen molar-refractivity contribution in [1.29, 1.82) is 0 Å². The van der Waals surface area contributed by atoms with E-state index in [-0.39, 0.29) is 0 Å². The monoisotopic (exact) mass is 298 g/mol. The molecule has 3 fully saturated rings. The van der Waals surface area contributed by atoms with E-state index in [1.54, 1.807) is 11.1 Å². The Kier molecular flexibility index (Phi) is 4.67. The first-order valence-corrected chi connectivity index (χ1v) is 9.60. The van der Waals surface area contributed by atoms with E-state index in [2.05, 4.69) is 39.5 Å². The molecule has 4 atom stereocenters. The fourth-order valence-electron chi connectivity index (χ4n) is 5.60. The summed E-state index contributed by atoms with van der Waals surface area (Å²) in [4.78, 5) is 0. The van der Waals surface area contributed by atoms with Crippen LogP contribution < -0.4 is 0 Å². The Labute approximate surface area is 137 Å². The quantitative estimate of drug-likeness (QED) is 0.489. The molecule has 4 unspecified atom stereocenters. The van der Waals surface area contributed by atoms with Gasteiger partial charge in [0.25, 0.3) is 0 Å². The fourth-order valence-corrected chi connectivity index (χ4v) is 5.60. The predicted molar refractivity (Wildman–Crippen MR) is 96.8 cm³/mol. The van der Waals surface area contributed by atoms with Gasteiger partial charge < -0.3 is 0 Å². The van der Waals surface area contributed by atoms with Gasteiger partial charge in [0.1, 0.15) is 0 Å². The maximum absolute atomic E-state index is 4.21. The third-order valence-electron chi connectivity index (χ3n) is 7.22. The summed E-state index contributed by atoms with van der Waals surface area (Å²) >= 11 is 0. The zero-order valence-corrected chi connectivity index (χ0v) is 15.0. The van der Waals surface area contributed by atoms with E-state index in [0.717, 1.165) is 11.8 Å². The summed E-state index contributed by atoms with van der Waals surface area (Å²) in [6, 6.07) is 0. The molecular weight excluding hydrogens is 264 g/mol. The highest BCUT2D eigenvalue weighted by Crippen LogP contribution is 2.58. The molecule has 0 amide bonds. The Morgan fingerprint density at radius 3 is 2.73 bits per heavy atom. The first-order chi connectivity index (χ1) is 10.5. The zero-order chi connectivity index (χ0) is 15.7. The molecule has 0 spiro atoms. The average Bonchev–Trinajstić information content (AvgIpc) is 2.85. The van der Waals surface area contributed by atoms with Crippen molar-refractivity contribution in [3.05, 3.63) is 35.5 Å². The molecule has 0 aromatic heterocycles. The van der Waals surface area contributed by atoms with Crippen molar-refractivity contribution >= 4 is 0 Å². The first-order valence-electron chi connectivity index (χ1n) is 9.60. The Balaban J connectivity index is 1.76. The van der Waals surface area contributed by atoms with Crippen LogP contribution in [0.1, 0.15) is 78.6 Å². The zero-order valence-electron chi connectivity index (χ0n) is 15.0. The van der Waals surface area contributed by atoms with Gasteiger partial charge in [-0.1, -0.05) is 62.6 Å². The minimum atomic E-state index is 0.603. The van der Waals surface area contributed by atoms with Crippen molar-refractivity contribution in [3.63, 3.8) is 0 Å². The predicted octanol–water partition coefficient (Wildman–Crippen LogP) is 6.84. The van der Waals surface area contributed by atoms with Crippen molar-refractivity contribution in [1.82, 2.24) is 0 Å². The topological polar surface area (TPSA) is 0 Å². The van der Waals surface area contributed by atoms with Crippen molar-refractivity contribution in [2.45, 2.75) is 78.6 Å². The lowest BCUT2D eigenvalue weighted by Gasteiger charge is -2.42. The molecular formula is C22H34. The summed E-state index contributed by atoms with van der Waals surface area (Å²) in [6.07, 6.45) is 17.2. The molecule has 0 N–H and O–H groups in total. The lowest BCUT2D eigenvalue weighted by molar-refractivity contribution is 0.133. The number of fused-ring (bicyclic) bond motifs is 1. The summed E-state index contributed by atoms with van der Waals surface area (Å²) in [5, 5.41) is 0. The molecule has 0 aliphatic heterocycles. The van der Waals surface area contributed by atoms with Crippen LogP contribution in [0.2, 0.25) is 0 Å². The molecule has 0 aromatic carbocycles. The summed E-state index contributed by atoms with van der Waals surface area (Å²) < 4.78 is 0. The smallest absolute Gasteiger partial charge is 0.0143 e. The Morgan fingerprint density at radius 2 is 2.00 bits per heavy atom. The molecule has 3 aliphatic rings. The molecule has 0 radical (unpaired) electrons. The lowest BCUT2D eigenvalue weighted by Crippen LogP contribution is -2.32. The molecule has 3 rings (SSSR count). The third kappa shape index (κ3) is 2.86. The van der Waals surface area contributed by atoms with Crippen LogP contribution in [0, 0.1) is 23.2 Å². The van der Waals surface area contributed by atoms with Gasteiger partial charge in [0.05, 0.1) is 0 Å². The van der Waals surface area contributed by atoms with Crippen LogP contribution in [-0.4, -0.2) is 0 Å². The van der Waals surface area contributed by atoms with Crippen molar-refractivity contribution in [3.8, 4) is 0 Å². The van der Waals surface area contributed by atoms with Gasteiger partial charge >= 0.3 is 0 Å². The van der Waals surface area contributed by atoms with Crippen molar-refractivity contribution in [2.75, 3.05) is 0 Å². The molecule has 0 heterocycles. The highest BCUT2D eigenvalue weighted by Gasteiger charge is 2.48. The number of hydrogen-bond donors (Lipinski definition) is 0. The molecule has 3 saturated carbocycles. The van der Waals surface area contributed by atoms with E-state index in [1.165, 1.54) is 63.4 Å². The minimum Gasteiger partial charge on any atom is -0.0996 e. The van der Waals surface area contributed by atoms with Crippen LogP contribution in [0.15, 0.2) is 35.5 Å². The number of allylic oxidation sites excluding steroid dienone is 5. The van der Waals surface area contributed by atoms with Crippen LogP contribution in [0.3, 0.4) is 0 Å². The lowest BCUT2D eigenvalue weighted by atomic mass is 9.63. The molecule has 22 heavy (non-hydrogen) atoms. The molecule has 0 saturated heterocycles. The second-order valence-electron chi connectivity index (χ2n) is 8.42.